The van der Waals surface area contributed by atoms with E-state index in [1.807, 2.05) is 27.7 Å². The molecule has 0 bridgehead atoms. The predicted molar refractivity (Wildman–Crippen MR) is 80.2 cm³/mol. The van der Waals surface area contributed by atoms with Crippen LogP contribution in [0.25, 0.3) is 0 Å². The third kappa shape index (κ3) is 6.04. The molecular weight excluding hydrogens is 272 g/mol. The monoisotopic (exact) mass is 296 g/mol. The predicted octanol–water partition coefficient (Wildman–Crippen LogP) is 3.07. The molecule has 0 unspecified atom stereocenters. The first-order valence-electron chi connectivity index (χ1n) is 7.26. The minimum absolute atomic E-state index is 0.124. The molecule has 0 spiro atoms. The first kappa shape index (κ1) is 17.3. The fourth-order valence-electron chi connectivity index (χ4n) is 1.68. The zero-order valence-corrected chi connectivity index (χ0v) is 13.2. The standard InChI is InChI=1S/C16H24O5/c1-5-18-14-8-7-13(11-15(14)19-6-2)16(17)21-10-9-20-12(3)4/h7-8,11-12H,5-6,9-10H2,1-4H3. The van der Waals surface area contributed by atoms with Crippen LogP contribution in [0, 0.1) is 0 Å². The lowest BCUT2D eigenvalue weighted by Gasteiger charge is -2.12. The maximum absolute atomic E-state index is 11.9. The number of rotatable bonds is 9. The van der Waals surface area contributed by atoms with Crippen molar-refractivity contribution in [1.82, 2.24) is 0 Å². The number of carbonyl (C=O) groups excluding carboxylic acids is 1. The maximum Gasteiger partial charge on any atom is 0.338 e. The number of hydrogen-bond acceptors (Lipinski definition) is 5. The van der Waals surface area contributed by atoms with Crippen LogP contribution >= 0.6 is 0 Å². The number of hydrogen-bond donors (Lipinski definition) is 0. The van der Waals surface area contributed by atoms with Crippen molar-refractivity contribution in [3.63, 3.8) is 0 Å². The van der Waals surface area contributed by atoms with Crippen LogP contribution in [-0.4, -0.2) is 38.5 Å². The summed E-state index contributed by atoms with van der Waals surface area (Å²) in [6.45, 7) is 9.30. The molecule has 1 aromatic rings. The van der Waals surface area contributed by atoms with Crippen molar-refractivity contribution >= 4 is 5.97 Å². The molecule has 0 saturated carbocycles. The Hall–Kier alpha value is -1.75. The average molecular weight is 296 g/mol. The van der Waals surface area contributed by atoms with Crippen molar-refractivity contribution in [3.05, 3.63) is 23.8 Å². The first-order valence-corrected chi connectivity index (χ1v) is 7.26. The van der Waals surface area contributed by atoms with E-state index in [9.17, 15) is 4.79 Å². The molecule has 0 fully saturated rings. The first-order chi connectivity index (χ1) is 10.1. The Balaban J connectivity index is 2.64. The van der Waals surface area contributed by atoms with Crippen molar-refractivity contribution in [1.29, 1.82) is 0 Å². The van der Waals surface area contributed by atoms with Crippen LogP contribution < -0.4 is 9.47 Å². The molecule has 118 valence electrons. The van der Waals surface area contributed by atoms with Gasteiger partial charge in [0.25, 0.3) is 0 Å². The van der Waals surface area contributed by atoms with Crippen LogP contribution in [0.5, 0.6) is 11.5 Å². The molecule has 0 heterocycles. The van der Waals surface area contributed by atoms with Gasteiger partial charge in [-0.25, -0.2) is 4.79 Å². The molecule has 0 aliphatic rings. The summed E-state index contributed by atoms with van der Waals surface area (Å²) >= 11 is 0. The van der Waals surface area contributed by atoms with Crippen LogP contribution in [0.4, 0.5) is 0 Å². The summed E-state index contributed by atoms with van der Waals surface area (Å²) in [6.07, 6.45) is 0.124. The smallest absolute Gasteiger partial charge is 0.338 e. The molecule has 0 saturated heterocycles. The Morgan fingerprint density at radius 1 is 1.05 bits per heavy atom. The highest BCUT2D eigenvalue weighted by atomic mass is 16.6. The van der Waals surface area contributed by atoms with E-state index < -0.39 is 5.97 Å². The Kier molecular flexibility index (Phi) is 7.61. The molecule has 1 rings (SSSR count). The summed E-state index contributed by atoms with van der Waals surface area (Å²) in [5.74, 6) is 0.776. The van der Waals surface area contributed by atoms with E-state index in [4.69, 9.17) is 18.9 Å². The van der Waals surface area contributed by atoms with Gasteiger partial charge >= 0.3 is 5.97 Å². The topological polar surface area (TPSA) is 54.0 Å². The lowest BCUT2D eigenvalue weighted by molar-refractivity contribution is 0.0176. The highest BCUT2D eigenvalue weighted by Crippen LogP contribution is 2.28. The van der Waals surface area contributed by atoms with Gasteiger partial charge < -0.3 is 18.9 Å². The van der Waals surface area contributed by atoms with Gasteiger partial charge in [0.2, 0.25) is 0 Å². The SMILES string of the molecule is CCOc1ccc(C(=O)OCCOC(C)C)cc1OCC. The van der Waals surface area contributed by atoms with Crippen LogP contribution in [0.2, 0.25) is 0 Å². The van der Waals surface area contributed by atoms with Crippen molar-refractivity contribution in [2.75, 3.05) is 26.4 Å². The summed E-state index contributed by atoms with van der Waals surface area (Å²) < 4.78 is 21.4. The van der Waals surface area contributed by atoms with Gasteiger partial charge in [-0.3, -0.25) is 0 Å². The van der Waals surface area contributed by atoms with Gasteiger partial charge in [-0.2, -0.15) is 0 Å². The second-order valence-electron chi connectivity index (χ2n) is 4.58. The molecule has 5 nitrogen and oxygen atoms in total. The molecule has 5 heteroatoms. The maximum atomic E-state index is 11.9. The molecule has 0 aromatic heterocycles. The average Bonchev–Trinajstić information content (AvgIpc) is 2.45. The zero-order valence-electron chi connectivity index (χ0n) is 13.2. The van der Waals surface area contributed by atoms with E-state index in [0.29, 0.717) is 36.9 Å². The Bertz CT molecular complexity index is 442. The molecule has 1 aromatic carbocycles. The minimum atomic E-state index is -0.397. The van der Waals surface area contributed by atoms with E-state index in [0.717, 1.165) is 0 Å². The van der Waals surface area contributed by atoms with Gasteiger partial charge in [0.05, 0.1) is 31.5 Å². The molecule has 0 aliphatic carbocycles. The van der Waals surface area contributed by atoms with Crippen LogP contribution in [0.15, 0.2) is 18.2 Å². The fourth-order valence-corrected chi connectivity index (χ4v) is 1.68. The molecular formula is C16H24O5. The van der Waals surface area contributed by atoms with Crippen LogP contribution in [0.3, 0.4) is 0 Å². The largest absolute Gasteiger partial charge is 0.490 e. The number of carbonyl (C=O) groups is 1. The number of ether oxygens (including phenoxy) is 4. The van der Waals surface area contributed by atoms with Crippen molar-refractivity contribution in [2.24, 2.45) is 0 Å². The zero-order chi connectivity index (χ0) is 15.7. The van der Waals surface area contributed by atoms with Crippen molar-refractivity contribution < 1.29 is 23.7 Å². The van der Waals surface area contributed by atoms with E-state index in [1.54, 1.807) is 18.2 Å². The van der Waals surface area contributed by atoms with E-state index >= 15 is 0 Å². The Labute approximate surface area is 126 Å². The Morgan fingerprint density at radius 2 is 1.71 bits per heavy atom. The molecule has 0 aliphatic heterocycles. The second-order valence-corrected chi connectivity index (χ2v) is 4.58. The third-order valence-corrected chi connectivity index (χ3v) is 2.55. The van der Waals surface area contributed by atoms with Crippen LogP contribution in [-0.2, 0) is 9.47 Å². The normalized spacial score (nSPS) is 10.5. The molecule has 0 N–H and O–H groups in total. The van der Waals surface area contributed by atoms with Gasteiger partial charge in [-0.05, 0) is 45.9 Å². The summed E-state index contributed by atoms with van der Waals surface area (Å²) in [5, 5.41) is 0. The summed E-state index contributed by atoms with van der Waals surface area (Å²) in [7, 11) is 0. The molecule has 21 heavy (non-hydrogen) atoms. The summed E-state index contributed by atoms with van der Waals surface area (Å²) in [6, 6.07) is 5.02. The van der Waals surface area contributed by atoms with E-state index in [2.05, 4.69) is 0 Å². The molecule has 0 amide bonds. The van der Waals surface area contributed by atoms with Gasteiger partial charge in [-0.15, -0.1) is 0 Å². The van der Waals surface area contributed by atoms with E-state index in [1.165, 1.54) is 0 Å². The number of esters is 1. The highest BCUT2D eigenvalue weighted by Gasteiger charge is 2.12. The van der Waals surface area contributed by atoms with Gasteiger partial charge in [0.1, 0.15) is 6.61 Å². The van der Waals surface area contributed by atoms with Crippen LogP contribution in [0.1, 0.15) is 38.1 Å². The van der Waals surface area contributed by atoms with Gasteiger partial charge in [-0.1, -0.05) is 0 Å². The van der Waals surface area contributed by atoms with Crippen molar-refractivity contribution in [3.8, 4) is 11.5 Å². The third-order valence-electron chi connectivity index (χ3n) is 2.55. The lowest BCUT2D eigenvalue weighted by Crippen LogP contribution is -2.13. The Morgan fingerprint density at radius 3 is 2.33 bits per heavy atom. The van der Waals surface area contributed by atoms with Gasteiger partial charge in [0, 0.05) is 0 Å². The molecule has 0 atom stereocenters. The number of benzene rings is 1. The van der Waals surface area contributed by atoms with Crippen molar-refractivity contribution in [2.45, 2.75) is 33.8 Å². The highest BCUT2D eigenvalue weighted by molar-refractivity contribution is 5.90. The summed E-state index contributed by atoms with van der Waals surface area (Å²) in [4.78, 5) is 11.9. The summed E-state index contributed by atoms with van der Waals surface area (Å²) in [5.41, 5.74) is 0.437. The minimum Gasteiger partial charge on any atom is -0.490 e. The molecule has 0 radical (unpaired) electrons. The fraction of sp³-hybridized carbons (Fsp3) is 0.562. The lowest BCUT2D eigenvalue weighted by atomic mass is 10.2. The quantitative estimate of drug-likeness (QED) is 0.518. The van der Waals surface area contributed by atoms with Gasteiger partial charge in [0.15, 0.2) is 11.5 Å². The van der Waals surface area contributed by atoms with E-state index in [-0.39, 0.29) is 12.7 Å². The second kappa shape index (κ2) is 9.23.